The van der Waals surface area contributed by atoms with E-state index in [4.69, 9.17) is 14.0 Å². The Bertz CT molecular complexity index is 918. The number of Topliss-reactive ketones (excluding diaryl/α,β-unsaturated/α-hetero) is 1. The molecule has 7 nitrogen and oxygen atoms in total. The molecule has 1 aromatic heterocycles. The minimum Gasteiger partial charge on any atom is -0.454 e. The molecule has 2 aromatic carbocycles. The lowest BCUT2D eigenvalue weighted by Gasteiger charge is -2.03. The van der Waals surface area contributed by atoms with E-state index in [9.17, 15) is 4.79 Å². The van der Waals surface area contributed by atoms with Gasteiger partial charge in [0, 0.05) is 16.8 Å². The lowest BCUT2D eigenvalue weighted by atomic mass is 10.1. The van der Waals surface area contributed by atoms with E-state index in [1.807, 2.05) is 30.3 Å². The fraction of sp³-hybridized carbons (Fsp3) is 0.167. The number of aromatic nitrogens is 2. The van der Waals surface area contributed by atoms with Crippen LogP contribution in [0.15, 0.2) is 47.0 Å². The van der Waals surface area contributed by atoms with Gasteiger partial charge in [-0.05, 0) is 49.4 Å². The molecule has 0 radical (unpaired) electrons. The second-order valence-corrected chi connectivity index (χ2v) is 5.57. The topological polar surface area (TPSA) is 86.5 Å². The summed E-state index contributed by atoms with van der Waals surface area (Å²) in [6, 6.07) is 12.7. The molecule has 126 valence electrons. The van der Waals surface area contributed by atoms with Gasteiger partial charge in [-0.2, -0.15) is 4.98 Å². The predicted octanol–water partition coefficient (Wildman–Crippen LogP) is 3.28. The van der Waals surface area contributed by atoms with Gasteiger partial charge in [-0.1, -0.05) is 5.16 Å². The van der Waals surface area contributed by atoms with Crippen molar-refractivity contribution in [2.45, 2.75) is 13.5 Å². The molecule has 4 rings (SSSR count). The zero-order chi connectivity index (χ0) is 17.2. The molecule has 0 saturated heterocycles. The van der Waals surface area contributed by atoms with Crippen LogP contribution in [0.1, 0.15) is 23.2 Å². The summed E-state index contributed by atoms with van der Waals surface area (Å²) >= 11 is 0. The van der Waals surface area contributed by atoms with E-state index in [0.29, 0.717) is 35.3 Å². The highest BCUT2D eigenvalue weighted by Crippen LogP contribution is 2.35. The molecule has 7 heteroatoms. The zero-order valence-electron chi connectivity index (χ0n) is 13.5. The summed E-state index contributed by atoms with van der Waals surface area (Å²) < 4.78 is 15.9. The Hall–Kier alpha value is -3.35. The molecule has 0 spiro atoms. The third-order valence-corrected chi connectivity index (χ3v) is 3.83. The zero-order valence-corrected chi connectivity index (χ0v) is 13.5. The molecule has 0 amide bonds. The monoisotopic (exact) mass is 337 g/mol. The van der Waals surface area contributed by atoms with Crippen molar-refractivity contribution in [3.05, 3.63) is 53.9 Å². The summed E-state index contributed by atoms with van der Waals surface area (Å²) in [5.74, 6) is 2.37. The summed E-state index contributed by atoms with van der Waals surface area (Å²) in [6.45, 7) is 2.15. The summed E-state index contributed by atoms with van der Waals surface area (Å²) in [5, 5.41) is 7.18. The molecule has 1 N–H and O–H groups in total. The maximum absolute atomic E-state index is 11.3. The number of ketones is 1. The molecular weight excluding hydrogens is 322 g/mol. The molecule has 0 unspecified atom stereocenters. The minimum atomic E-state index is 0.0387. The van der Waals surface area contributed by atoms with Gasteiger partial charge < -0.3 is 19.3 Å². The number of nitrogens with zero attached hydrogens (tertiary/aromatic N) is 2. The second kappa shape index (κ2) is 6.27. The number of hydrogen-bond donors (Lipinski definition) is 1. The Morgan fingerprint density at radius 3 is 2.72 bits per heavy atom. The first-order valence-corrected chi connectivity index (χ1v) is 7.76. The highest BCUT2D eigenvalue weighted by atomic mass is 16.7. The van der Waals surface area contributed by atoms with Crippen LogP contribution in [0.2, 0.25) is 0 Å². The average molecular weight is 337 g/mol. The number of nitrogens with one attached hydrogen (secondary N) is 1. The second-order valence-electron chi connectivity index (χ2n) is 5.57. The Morgan fingerprint density at radius 1 is 1.12 bits per heavy atom. The summed E-state index contributed by atoms with van der Waals surface area (Å²) in [7, 11) is 0. The maximum atomic E-state index is 11.3. The van der Waals surface area contributed by atoms with Crippen molar-refractivity contribution in [2.75, 3.05) is 12.1 Å². The smallest absolute Gasteiger partial charge is 0.246 e. The number of benzene rings is 2. The number of ether oxygens (including phenoxy) is 2. The number of fused-ring (bicyclic) bond motifs is 1. The van der Waals surface area contributed by atoms with Crippen molar-refractivity contribution in [1.29, 1.82) is 0 Å². The van der Waals surface area contributed by atoms with Gasteiger partial charge in [-0.15, -0.1) is 0 Å². The summed E-state index contributed by atoms with van der Waals surface area (Å²) in [6.07, 6.45) is 0. The highest BCUT2D eigenvalue weighted by molar-refractivity contribution is 5.94. The SMILES string of the molecule is CC(=O)c1ccc(NCc2nc(-c3ccc4c(c3)OCO4)no2)cc1. The molecule has 1 aliphatic rings. The molecule has 3 aromatic rings. The van der Waals surface area contributed by atoms with Crippen molar-refractivity contribution in [2.24, 2.45) is 0 Å². The Kier molecular flexibility index (Phi) is 3.81. The van der Waals surface area contributed by atoms with Crippen molar-refractivity contribution < 1.29 is 18.8 Å². The molecule has 0 fully saturated rings. The Balaban J connectivity index is 1.44. The third kappa shape index (κ3) is 3.16. The van der Waals surface area contributed by atoms with Crippen LogP contribution in [0.5, 0.6) is 11.5 Å². The first-order chi connectivity index (χ1) is 12.2. The molecule has 0 atom stereocenters. The van der Waals surface area contributed by atoms with E-state index < -0.39 is 0 Å². The van der Waals surface area contributed by atoms with Gasteiger partial charge in [0.2, 0.25) is 18.5 Å². The van der Waals surface area contributed by atoms with Crippen LogP contribution in [0.4, 0.5) is 5.69 Å². The van der Waals surface area contributed by atoms with Crippen LogP contribution < -0.4 is 14.8 Å². The van der Waals surface area contributed by atoms with Crippen LogP contribution in [-0.2, 0) is 6.54 Å². The molecular formula is C18H15N3O4. The fourth-order valence-electron chi connectivity index (χ4n) is 2.48. The predicted molar refractivity (Wildman–Crippen MR) is 89.6 cm³/mol. The number of carbonyl (C=O) groups excluding carboxylic acids is 1. The van der Waals surface area contributed by atoms with E-state index in [1.54, 1.807) is 19.1 Å². The van der Waals surface area contributed by atoms with Gasteiger partial charge >= 0.3 is 0 Å². The molecule has 25 heavy (non-hydrogen) atoms. The Morgan fingerprint density at radius 2 is 1.92 bits per heavy atom. The van der Waals surface area contributed by atoms with Crippen molar-refractivity contribution in [1.82, 2.24) is 10.1 Å². The first kappa shape index (κ1) is 15.2. The standard InChI is InChI=1S/C18H15N3O4/c1-11(22)12-2-5-14(6-3-12)19-9-17-20-18(21-25-17)13-4-7-15-16(8-13)24-10-23-15/h2-8,19H,9-10H2,1H3. The van der Waals surface area contributed by atoms with Gasteiger partial charge in [0.05, 0.1) is 6.54 Å². The van der Waals surface area contributed by atoms with Crippen molar-refractivity contribution in [3.63, 3.8) is 0 Å². The van der Waals surface area contributed by atoms with Gasteiger partial charge in [-0.25, -0.2) is 0 Å². The molecule has 2 heterocycles. The number of rotatable bonds is 5. The average Bonchev–Trinajstić information content (AvgIpc) is 3.28. The van der Waals surface area contributed by atoms with Crippen LogP contribution in [0.3, 0.4) is 0 Å². The van der Waals surface area contributed by atoms with Crippen LogP contribution in [0, 0.1) is 0 Å². The minimum absolute atomic E-state index is 0.0387. The van der Waals surface area contributed by atoms with Gasteiger partial charge in [0.25, 0.3) is 0 Å². The highest BCUT2D eigenvalue weighted by Gasteiger charge is 2.16. The van der Waals surface area contributed by atoms with Crippen molar-refractivity contribution >= 4 is 11.5 Å². The van der Waals surface area contributed by atoms with Gasteiger partial charge in [-0.3, -0.25) is 4.79 Å². The van der Waals surface area contributed by atoms with E-state index >= 15 is 0 Å². The number of carbonyl (C=O) groups is 1. The fourth-order valence-corrected chi connectivity index (χ4v) is 2.48. The Labute approximate surface area is 143 Å². The molecule has 1 aliphatic heterocycles. The lowest BCUT2D eigenvalue weighted by molar-refractivity contribution is 0.101. The van der Waals surface area contributed by atoms with Gasteiger partial charge in [0.15, 0.2) is 17.3 Å². The number of anilines is 1. The van der Waals surface area contributed by atoms with Gasteiger partial charge in [0.1, 0.15) is 0 Å². The molecule has 0 bridgehead atoms. The first-order valence-electron chi connectivity index (χ1n) is 7.76. The van der Waals surface area contributed by atoms with Crippen LogP contribution in [0.25, 0.3) is 11.4 Å². The normalized spacial score (nSPS) is 12.2. The number of hydrogen-bond acceptors (Lipinski definition) is 7. The van der Waals surface area contributed by atoms with Crippen LogP contribution >= 0.6 is 0 Å². The molecule has 0 saturated carbocycles. The van der Waals surface area contributed by atoms with Crippen LogP contribution in [-0.4, -0.2) is 22.7 Å². The molecule has 0 aliphatic carbocycles. The van der Waals surface area contributed by atoms with E-state index in [1.165, 1.54) is 0 Å². The van der Waals surface area contributed by atoms with E-state index in [-0.39, 0.29) is 12.6 Å². The lowest BCUT2D eigenvalue weighted by Crippen LogP contribution is -2.00. The third-order valence-electron chi connectivity index (χ3n) is 3.83. The largest absolute Gasteiger partial charge is 0.454 e. The quantitative estimate of drug-likeness (QED) is 0.715. The van der Waals surface area contributed by atoms with Crippen molar-refractivity contribution in [3.8, 4) is 22.9 Å². The van der Waals surface area contributed by atoms with E-state index in [0.717, 1.165) is 11.3 Å². The maximum Gasteiger partial charge on any atom is 0.246 e. The van der Waals surface area contributed by atoms with E-state index in [2.05, 4.69) is 15.5 Å². The summed E-state index contributed by atoms with van der Waals surface area (Å²) in [5.41, 5.74) is 2.34. The summed E-state index contributed by atoms with van der Waals surface area (Å²) in [4.78, 5) is 15.6.